The summed E-state index contributed by atoms with van der Waals surface area (Å²) in [4.78, 5) is 14.4. The fourth-order valence-corrected chi connectivity index (χ4v) is 3.83. The zero-order valence-corrected chi connectivity index (χ0v) is 16.4. The summed E-state index contributed by atoms with van der Waals surface area (Å²) in [6.45, 7) is 1.78. The molecule has 3 aromatic rings. The number of amides is 1. The van der Waals surface area contributed by atoms with E-state index in [0.29, 0.717) is 21.2 Å². The molecule has 2 aromatic carbocycles. The number of hydrogen-bond acceptors (Lipinski definition) is 4. The number of fused-ring (bicyclic) bond motifs is 1. The molecule has 1 aromatic heterocycles. The molecule has 146 valence electrons. The number of nitrogens with zero attached hydrogens (tertiary/aromatic N) is 4. The number of piperidine rings is 1. The number of nitrogens with one attached hydrogen (secondary N) is 1. The third-order valence-electron chi connectivity index (χ3n) is 4.91. The second kappa shape index (κ2) is 8.03. The minimum atomic E-state index is -0.319. The van der Waals surface area contributed by atoms with E-state index in [0.717, 1.165) is 31.4 Å². The molecule has 0 aliphatic carbocycles. The summed E-state index contributed by atoms with van der Waals surface area (Å²) in [5.41, 5.74) is 1.89. The zero-order valence-electron chi connectivity index (χ0n) is 14.9. The third kappa shape index (κ3) is 4.11. The fourth-order valence-electron chi connectivity index (χ4n) is 3.49. The van der Waals surface area contributed by atoms with E-state index in [-0.39, 0.29) is 24.3 Å². The number of halogens is 3. The summed E-state index contributed by atoms with van der Waals surface area (Å²) in [6, 6.07) is 9.65. The quantitative estimate of drug-likeness (QED) is 0.686. The van der Waals surface area contributed by atoms with Crippen LogP contribution in [0.15, 0.2) is 36.4 Å². The number of benzene rings is 2. The van der Waals surface area contributed by atoms with Crippen molar-refractivity contribution in [1.29, 1.82) is 0 Å². The van der Waals surface area contributed by atoms with Crippen LogP contribution in [0.5, 0.6) is 0 Å². The molecule has 1 fully saturated rings. The lowest BCUT2D eigenvalue weighted by Gasteiger charge is -2.31. The minimum absolute atomic E-state index is 0.135. The van der Waals surface area contributed by atoms with Gasteiger partial charge in [-0.3, -0.25) is 9.69 Å². The molecule has 0 radical (unpaired) electrons. The van der Waals surface area contributed by atoms with E-state index < -0.39 is 0 Å². The molecule has 1 amide bonds. The highest BCUT2D eigenvalue weighted by atomic mass is 35.5. The number of rotatable bonds is 4. The van der Waals surface area contributed by atoms with Crippen LogP contribution in [0.4, 0.5) is 10.1 Å². The Morgan fingerprint density at radius 1 is 1.18 bits per heavy atom. The Morgan fingerprint density at radius 3 is 2.75 bits per heavy atom. The molecule has 0 spiro atoms. The maximum absolute atomic E-state index is 13.3. The number of likely N-dealkylation sites (tertiary alicyclic amines) is 1. The fraction of sp³-hybridized carbons (Fsp3) is 0.316. The van der Waals surface area contributed by atoms with Gasteiger partial charge < -0.3 is 5.32 Å². The molecule has 0 bridgehead atoms. The van der Waals surface area contributed by atoms with Gasteiger partial charge in [0.2, 0.25) is 5.91 Å². The molecule has 6 nitrogen and oxygen atoms in total. The summed E-state index contributed by atoms with van der Waals surface area (Å²) in [5, 5.41) is 12.0. The molecular weight excluding hydrogens is 404 g/mol. The molecule has 0 unspecified atom stereocenters. The second-order valence-electron chi connectivity index (χ2n) is 6.85. The monoisotopic (exact) mass is 421 g/mol. The van der Waals surface area contributed by atoms with Gasteiger partial charge >= 0.3 is 0 Å². The highest BCUT2D eigenvalue weighted by Crippen LogP contribution is 2.27. The van der Waals surface area contributed by atoms with Gasteiger partial charge in [0, 0.05) is 24.2 Å². The Morgan fingerprint density at radius 2 is 1.96 bits per heavy atom. The van der Waals surface area contributed by atoms with Crippen molar-refractivity contribution < 1.29 is 9.18 Å². The van der Waals surface area contributed by atoms with Gasteiger partial charge in [0.05, 0.1) is 28.8 Å². The topological polar surface area (TPSA) is 63.1 Å². The molecule has 1 N–H and O–H groups in total. The van der Waals surface area contributed by atoms with Gasteiger partial charge in [0.15, 0.2) is 0 Å². The average molecular weight is 422 g/mol. The van der Waals surface area contributed by atoms with Crippen LogP contribution in [0.25, 0.3) is 11.0 Å². The van der Waals surface area contributed by atoms with Crippen molar-refractivity contribution in [2.24, 2.45) is 0 Å². The van der Waals surface area contributed by atoms with Crippen molar-refractivity contribution in [2.45, 2.75) is 18.9 Å². The van der Waals surface area contributed by atoms with E-state index in [2.05, 4.69) is 20.5 Å². The van der Waals surface area contributed by atoms with E-state index in [1.807, 2.05) is 4.68 Å². The number of carbonyl (C=O) groups excluding carboxylic acids is 1. The standard InChI is InChI=1S/C19H18Cl2FN5O/c20-12-1-3-15(21)16(9-12)23-19(28)11-26-7-5-14(6-8-26)27-18-4-2-13(22)10-17(18)24-25-27/h1-4,9-10,14H,5-8,11H2,(H,23,28). The molecule has 2 heterocycles. The maximum atomic E-state index is 13.3. The Balaban J connectivity index is 1.35. The van der Waals surface area contributed by atoms with Crippen LogP contribution in [0, 0.1) is 5.82 Å². The van der Waals surface area contributed by atoms with Crippen molar-refractivity contribution >= 4 is 45.8 Å². The predicted octanol–water partition coefficient (Wildman–Crippen LogP) is 4.15. The van der Waals surface area contributed by atoms with Crippen LogP contribution in [0.2, 0.25) is 10.0 Å². The first kappa shape index (κ1) is 19.1. The SMILES string of the molecule is O=C(CN1CCC(n2nnc3cc(F)ccc32)CC1)Nc1cc(Cl)ccc1Cl. The Hall–Kier alpha value is -2.22. The molecule has 28 heavy (non-hydrogen) atoms. The van der Waals surface area contributed by atoms with Crippen molar-refractivity contribution in [3.63, 3.8) is 0 Å². The second-order valence-corrected chi connectivity index (χ2v) is 7.69. The lowest BCUT2D eigenvalue weighted by Crippen LogP contribution is -2.39. The number of hydrogen-bond donors (Lipinski definition) is 1. The van der Waals surface area contributed by atoms with Gasteiger partial charge in [-0.2, -0.15) is 0 Å². The van der Waals surface area contributed by atoms with Crippen LogP contribution in [0.1, 0.15) is 18.9 Å². The minimum Gasteiger partial charge on any atom is -0.324 e. The molecule has 4 rings (SSSR count). The number of aromatic nitrogens is 3. The van der Waals surface area contributed by atoms with Crippen LogP contribution >= 0.6 is 23.2 Å². The first-order valence-corrected chi connectivity index (χ1v) is 9.73. The first-order chi connectivity index (χ1) is 13.5. The average Bonchev–Trinajstić information content (AvgIpc) is 3.08. The predicted molar refractivity (Wildman–Crippen MR) is 107 cm³/mol. The Bertz CT molecular complexity index is 1020. The van der Waals surface area contributed by atoms with E-state index in [4.69, 9.17) is 23.2 Å². The lowest BCUT2D eigenvalue weighted by molar-refractivity contribution is -0.117. The maximum Gasteiger partial charge on any atom is 0.238 e. The highest BCUT2D eigenvalue weighted by Gasteiger charge is 2.24. The summed E-state index contributed by atoms with van der Waals surface area (Å²) in [5.74, 6) is -0.454. The van der Waals surface area contributed by atoms with E-state index in [9.17, 15) is 9.18 Å². The lowest BCUT2D eigenvalue weighted by atomic mass is 10.0. The van der Waals surface area contributed by atoms with Gasteiger partial charge in [-0.05, 0) is 43.2 Å². The molecule has 0 atom stereocenters. The largest absolute Gasteiger partial charge is 0.324 e. The molecule has 1 aliphatic heterocycles. The van der Waals surface area contributed by atoms with Crippen LogP contribution in [0.3, 0.4) is 0 Å². The molecule has 1 aliphatic rings. The van der Waals surface area contributed by atoms with Gasteiger partial charge in [-0.25, -0.2) is 9.07 Å². The van der Waals surface area contributed by atoms with Crippen LogP contribution < -0.4 is 5.32 Å². The van der Waals surface area contributed by atoms with Crippen LogP contribution in [-0.4, -0.2) is 45.4 Å². The zero-order chi connectivity index (χ0) is 19.7. The highest BCUT2D eigenvalue weighted by molar-refractivity contribution is 6.35. The van der Waals surface area contributed by atoms with Crippen molar-refractivity contribution in [1.82, 2.24) is 19.9 Å². The van der Waals surface area contributed by atoms with Gasteiger partial charge in [0.1, 0.15) is 11.3 Å². The number of carbonyl (C=O) groups is 1. The summed E-state index contributed by atoms with van der Waals surface area (Å²) < 4.78 is 15.2. The first-order valence-electron chi connectivity index (χ1n) is 8.97. The normalized spacial score (nSPS) is 15.8. The van der Waals surface area contributed by atoms with Gasteiger partial charge in [-0.15, -0.1) is 5.10 Å². The Labute approximate surface area is 171 Å². The van der Waals surface area contributed by atoms with Crippen molar-refractivity contribution in [3.8, 4) is 0 Å². The third-order valence-corrected chi connectivity index (χ3v) is 5.47. The molecule has 1 saturated heterocycles. The van der Waals surface area contributed by atoms with Gasteiger partial charge in [-0.1, -0.05) is 28.4 Å². The summed E-state index contributed by atoms with van der Waals surface area (Å²) >= 11 is 12.0. The van der Waals surface area contributed by atoms with Crippen LogP contribution in [-0.2, 0) is 4.79 Å². The van der Waals surface area contributed by atoms with Gasteiger partial charge in [0.25, 0.3) is 0 Å². The summed E-state index contributed by atoms with van der Waals surface area (Å²) in [7, 11) is 0. The summed E-state index contributed by atoms with van der Waals surface area (Å²) in [6.07, 6.45) is 1.67. The smallest absolute Gasteiger partial charge is 0.238 e. The van der Waals surface area contributed by atoms with Crippen molar-refractivity contribution in [3.05, 3.63) is 52.3 Å². The van der Waals surface area contributed by atoms with E-state index >= 15 is 0 Å². The molecule has 0 saturated carbocycles. The van der Waals surface area contributed by atoms with E-state index in [1.54, 1.807) is 24.3 Å². The Kier molecular flexibility index (Phi) is 5.48. The molecular formula is C19H18Cl2FN5O. The van der Waals surface area contributed by atoms with E-state index in [1.165, 1.54) is 12.1 Å². The van der Waals surface area contributed by atoms with Crippen molar-refractivity contribution in [2.75, 3.05) is 25.0 Å². The molecule has 9 heteroatoms. The number of anilines is 1.